The van der Waals surface area contributed by atoms with Gasteiger partial charge in [-0.15, -0.1) is 11.3 Å². The van der Waals surface area contributed by atoms with Crippen LogP contribution in [0, 0.1) is 11.8 Å². The molecule has 1 aromatic rings. The molecular weight excluding hydrogens is 432 g/mol. The lowest BCUT2D eigenvalue weighted by molar-refractivity contribution is -0.134. The number of esters is 1. The van der Waals surface area contributed by atoms with Gasteiger partial charge in [0.25, 0.3) is 5.91 Å². The maximum atomic E-state index is 13.2. The van der Waals surface area contributed by atoms with E-state index < -0.39 is 30.0 Å². The lowest BCUT2D eigenvalue weighted by atomic mass is 9.95. The molecule has 2 aliphatic carbocycles. The first kappa shape index (κ1) is 22.7. The first-order chi connectivity index (χ1) is 15.5. The van der Waals surface area contributed by atoms with Gasteiger partial charge in [0, 0.05) is 5.38 Å². The van der Waals surface area contributed by atoms with Gasteiger partial charge in [-0.25, -0.2) is 19.5 Å². The molecule has 3 fully saturated rings. The molecule has 1 saturated heterocycles. The van der Waals surface area contributed by atoms with Crippen molar-refractivity contribution in [3.05, 3.63) is 11.1 Å². The van der Waals surface area contributed by atoms with E-state index in [1.807, 2.05) is 0 Å². The second kappa shape index (κ2) is 9.97. The smallest absolute Gasteiger partial charge is 0.357 e. The molecule has 1 unspecified atom stereocenters. The summed E-state index contributed by atoms with van der Waals surface area (Å²) in [4.78, 5) is 56.1. The first-order valence-corrected chi connectivity index (χ1v) is 12.3. The Labute approximate surface area is 191 Å². The summed E-state index contributed by atoms with van der Waals surface area (Å²) in [6, 6.07) is -1.95. The number of carbonyl (C=O) groups is 4. The third-order valence-electron chi connectivity index (χ3n) is 6.87. The predicted octanol–water partition coefficient (Wildman–Crippen LogP) is 3.32. The molecule has 0 bridgehead atoms. The Kier molecular flexibility index (Phi) is 7.07. The largest absolute Gasteiger partial charge is 0.464 e. The number of thiazole rings is 1. The minimum absolute atomic E-state index is 0.103. The van der Waals surface area contributed by atoms with Crippen LogP contribution in [0.4, 0.5) is 9.93 Å². The molecule has 4 amide bonds. The average molecular weight is 463 g/mol. The fourth-order valence-electron chi connectivity index (χ4n) is 5.19. The molecule has 1 aliphatic heterocycles. The normalized spacial score (nSPS) is 22.9. The molecule has 4 rings (SSSR count). The number of nitrogens with zero attached hydrogens (tertiary/aromatic N) is 2. The van der Waals surface area contributed by atoms with E-state index in [4.69, 9.17) is 0 Å². The van der Waals surface area contributed by atoms with E-state index in [1.54, 1.807) is 0 Å². The summed E-state index contributed by atoms with van der Waals surface area (Å²) in [5.74, 6) is -0.615. The van der Waals surface area contributed by atoms with Crippen LogP contribution in [0.3, 0.4) is 0 Å². The molecule has 3 aliphatic rings. The van der Waals surface area contributed by atoms with Crippen LogP contribution in [-0.2, 0) is 14.3 Å². The number of nitrogens with one attached hydrogen (secondary N) is 2. The van der Waals surface area contributed by atoms with Gasteiger partial charge in [0.2, 0.25) is 5.91 Å². The monoisotopic (exact) mass is 462 g/mol. The van der Waals surface area contributed by atoms with E-state index in [9.17, 15) is 19.2 Å². The third-order valence-corrected chi connectivity index (χ3v) is 7.63. The Balaban J connectivity index is 1.49. The van der Waals surface area contributed by atoms with E-state index in [1.165, 1.54) is 12.5 Å². The summed E-state index contributed by atoms with van der Waals surface area (Å²) in [5.41, 5.74) is 0.103. The van der Waals surface area contributed by atoms with Crippen LogP contribution in [0.1, 0.15) is 74.7 Å². The number of hydrogen-bond acceptors (Lipinski definition) is 7. The highest BCUT2D eigenvalue weighted by Gasteiger charge is 2.46. The molecule has 2 heterocycles. The van der Waals surface area contributed by atoms with Crippen LogP contribution >= 0.6 is 11.3 Å². The van der Waals surface area contributed by atoms with Gasteiger partial charge in [0.15, 0.2) is 10.8 Å². The summed E-state index contributed by atoms with van der Waals surface area (Å²) in [5, 5.41) is 7.26. The zero-order valence-electron chi connectivity index (χ0n) is 18.3. The van der Waals surface area contributed by atoms with E-state index in [-0.39, 0.29) is 16.7 Å². The van der Waals surface area contributed by atoms with E-state index in [2.05, 4.69) is 20.4 Å². The predicted molar refractivity (Wildman–Crippen MR) is 118 cm³/mol. The van der Waals surface area contributed by atoms with Crippen LogP contribution in [0.5, 0.6) is 0 Å². The summed E-state index contributed by atoms with van der Waals surface area (Å²) in [6.45, 7) is 0. The second-order valence-corrected chi connectivity index (χ2v) is 9.88. The van der Waals surface area contributed by atoms with E-state index in [0.29, 0.717) is 24.7 Å². The number of amides is 4. The van der Waals surface area contributed by atoms with Crippen molar-refractivity contribution < 1.29 is 23.9 Å². The number of carbonyl (C=O) groups excluding carboxylic acids is 4. The minimum Gasteiger partial charge on any atom is -0.464 e. The fraction of sp³-hybridized carbons (Fsp3) is 0.682. The van der Waals surface area contributed by atoms with Gasteiger partial charge in [-0.3, -0.25) is 9.59 Å². The molecule has 2 saturated carbocycles. The number of imide groups is 1. The highest BCUT2D eigenvalue weighted by Crippen LogP contribution is 2.33. The summed E-state index contributed by atoms with van der Waals surface area (Å²) < 4.78 is 4.65. The first-order valence-electron chi connectivity index (χ1n) is 11.4. The molecule has 9 nitrogen and oxygen atoms in total. The fourth-order valence-corrected chi connectivity index (χ4v) is 5.88. The van der Waals surface area contributed by atoms with Crippen molar-refractivity contribution in [3.8, 4) is 0 Å². The maximum absolute atomic E-state index is 13.2. The van der Waals surface area contributed by atoms with Crippen LogP contribution in [-0.4, -0.2) is 52.9 Å². The lowest BCUT2D eigenvalue weighted by Crippen LogP contribution is -2.48. The quantitative estimate of drug-likeness (QED) is 0.452. The van der Waals surface area contributed by atoms with Gasteiger partial charge in [0.1, 0.15) is 12.1 Å². The Morgan fingerprint density at radius 1 is 1.19 bits per heavy atom. The number of rotatable bonds is 8. The highest BCUT2D eigenvalue weighted by molar-refractivity contribution is 7.14. The molecule has 0 radical (unpaired) electrons. The Hall–Kier alpha value is -2.49. The molecular formula is C22H30N4O5S. The van der Waals surface area contributed by atoms with Crippen molar-refractivity contribution in [3.63, 3.8) is 0 Å². The molecule has 174 valence electrons. The zero-order chi connectivity index (χ0) is 22.7. The van der Waals surface area contributed by atoms with Crippen molar-refractivity contribution in [2.45, 2.75) is 76.3 Å². The van der Waals surface area contributed by atoms with Crippen molar-refractivity contribution in [2.75, 3.05) is 12.4 Å². The minimum atomic E-state index is -0.898. The number of urea groups is 1. The van der Waals surface area contributed by atoms with Gasteiger partial charge < -0.3 is 15.4 Å². The summed E-state index contributed by atoms with van der Waals surface area (Å²) in [6.07, 6.45) is 9.73. The van der Waals surface area contributed by atoms with Crippen LogP contribution in [0.25, 0.3) is 0 Å². The molecule has 2 atom stereocenters. The second-order valence-electron chi connectivity index (χ2n) is 9.02. The Morgan fingerprint density at radius 3 is 2.50 bits per heavy atom. The molecule has 1 aromatic heterocycles. The van der Waals surface area contributed by atoms with Gasteiger partial charge in [-0.2, -0.15) is 0 Å². The van der Waals surface area contributed by atoms with Crippen molar-refractivity contribution >= 4 is 40.3 Å². The topological polar surface area (TPSA) is 118 Å². The van der Waals surface area contributed by atoms with Gasteiger partial charge in [-0.1, -0.05) is 51.4 Å². The van der Waals surface area contributed by atoms with Crippen molar-refractivity contribution in [1.82, 2.24) is 15.2 Å². The summed E-state index contributed by atoms with van der Waals surface area (Å²) in [7, 11) is 1.26. The van der Waals surface area contributed by atoms with Crippen molar-refractivity contribution in [2.24, 2.45) is 11.8 Å². The number of aromatic nitrogens is 1. The van der Waals surface area contributed by atoms with Gasteiger partial charge in [-0.05, 0) is 24.7 Å². The molecule has 32 heavy (non-hydrogen) atoms. The van der Waals surface area contributed by atoms with Crippen LogP contribution in [0.2, 0.25) is 0 Å². The zero-order valence-corrected chi connectivity index (χ0v) is 19.1. The molecule has 2 N–H and O–H groups in total. The van der Waals surface area contributed by atoms with E-state index in [0.717, 1.165) is 67.6 Å². The molecule has 0 spiro atoms. The number of hydrogen-bond donors (Lipinski definition) is 2. The maximum Gasteiger partial charge on any atom is 0.357 e. The summed E-state index contributed by atoms with van der Waals surface area (Å²) >= 11 is 1.10. The molecule has 0 aromatic carbocycles. The van der Waals surface area contributed by atoms with E-state index >= 15 is 0 Å². The number of methoxy groups -OCH3 is 1. The van der Waals surface area contributed by atoms with Crippen molar-refractivity contribution in [1.29, 1.82) is 0 Å². The average Bonchev–Trinajstić information content (AvgIpc) is 3.57. The van der Waals surface area contributed by atoms with Gasteiger partial charge in [0.05, 0.1) is 7.11 Å². The standard InChI is InChI=1S/C22H30N4O5S/c1-31-20(29)16-12-32-21(23-16)25-18(27)17(11-14-8-4-5-9-14)26-19(28)15(24-22(26)30)10-13-6-2-3-7-13/h12-15,17H,2-11H2,1H3,(H,24,30)(H,23,25,27)/t15?,17-/m0/s1. The SMILES string of the molecule is COC(=O)c1csc(NC(=O)[C@H](CC2CCCC2)N2C(=O)NC(CC3CCCC3)C2=O)n1. The third kappa shape index (κ3) is 4.95. The van der Waals surface area contributed by atoms with Gasteiger partial charge >= 0.3 is 12.0 Å². The number of anilines is 1. The Morgan fingerprint density at radius 2 is 1.84 bits per heavy atom. The van der Waals surface area contributed by atoms with Crippen LogP contribution in [0.15, 0.2) is 5.38 Å². The van der Waals surface area contributed by atoms with Crippen LogP contribution < -0.4 is 10.6 Å². The molecule has 10 heteroatoms. The Bertz CT molecular complexity index is 875. The highest BCUT2D eigenvalue weighted by atomic mass is 32.1. The lowest BCUT2D eigenvalue weighted by Gasteiger charge is -2.26. The number of ether oxygens (including phenoxy) is 1.